The van der Waals surface area contributed by atoms with E-state index in [2.05, 4.69) is 29.6 Å². The van der Waals surface area contributed by atoms with E-state index < -0.39 is 0 Å². The lowest BCUT2D eigenvalue weighted by atomic mass is 10.1. The Morgan fingerprint density at radius 3 is 2.70 bits per heavy atom. The molecule has 0 spiro atoms. The fourth-order valence-electron chi connectivity index (χ4n) is 2.85. The Bertz CT molecular complexity index is 459. The first-order valence-corrected chi connectivity index (χ1v) is 7.50. The van der Waals surface area contributed by atoms with Crippen LogP contribution >= 0.6 is 0 Å². The van der Waals surface area contributed by atoms with Gasteiger partial charge in [0.2, 0.25) is 0 Å². The van der Waals surface area contributed by atoms with E-state index in [9.17, 15) is 4.79 Å². The third-order valence-electron chi connectivity index (χ3n) is 4.26. The summed E-state index contributed by atoms with van der Waals surface area (Å²) >= 11 is 0. The number of carbonyl (C=O) groups is 1. The van der Waals surface area contributed by atoms with Crippen LogP contribution in [0.15, 0.2) is 30.3 Å². The second kappa shape index (κ2) is 5.83. The summed E-state index contributed by atoms with van der Waals surface area (Å²) in [6, 6.07) is 10.8. The Hall–Kier alpha value is -1.55. The average molecular weight is 274 g/mol. The van der Waals surface area contributed by atoms with Crippen LogP contribution in [0.5, 0.6) is 0 Å². The van der Waals surface area contributed by atoms with Crippen molar-refractivity contribution in [2.45, 2.75) is 31.2 Å². The van der Waals surface area contributed by atoms with Crippen molar-refractivity contribution in [1.82, 2.24) is 10.2 Å². The van der Waals surface area contributed by atoms with Gasteiger partial charge in [0, 0.05) is 19.1 Å². The highest BCUT2D eigenvalue weighted by Crippen LogP contribution is 2.46. The lowest BCUT2D eigenvalue weighted by molar-refractivity contribution is 0.173. The highest BCUT2D eigenvalue weighted by molar-refractivity contribution is 5.75. The summed E-state index contributed by atoms with van der Waals surface area (Å²) in [5.74, 6) is 1.17. The number of nitrogens with zero attached hydrogens (tertiary/aromatic N) is 1. The number of amides is 2. The van der Waals surface area contributed by atoms with Gasteiger partial charge in [-0.2, -0.15) is 0 Å². The van der Waals surface area contributed by atoms with E-state index in [0.717, 1.165) is 25.8 Å². The van der Waals surface area contributed by atoms with E-state index in [1.54, 1.807) is 4.90 Å². The Morgan fingerprint density at radius 1 is 1.30 bits per heavy atom. The zero-order valence-electron chi connectivity index (χ0n) is 11.7. The molecule has 2 amide bonds. The number of carbonyl (C=O) groups excluding carboxylic acids is 1. The number of aliphatic hydroxyl groups is 1. The lowest BCUT2D eigenvalue weighted by Gasteiger charge is -2.21. The van der Waals surface area contributed by atoms with Crippen LogP contribution in [-0.2, 0) is 0 Å². The predicted molar refractivity (Wildman–Crippen MR) is 77.5 cm³/mol. The first-order valence-electron chi connectivity index (χ1n) is 7.50. The summed E-state index contributed by atoms with van der Waals surface area (Å²) in [7, 11) is 0. The van der Waals surface area contributed by atoms with Gasteiger partial charge in [-0.05, 0) is 36.7 Å². The van der Waals surface area contributed by atoms with Crippen molar-refractivity contribution < 1.29 is 9.90 Å². The van der Waals surface area contributed by atoms with Crippen molar-refractivity contribution in [3.8, 4) is 0 Å². The Balaban J connectivity index is 1.45. The van der Waals surface area contributed by atoms with E-state index in [4.69, 9.17) is 5.11 Å². The van der Waals surface area contributed by atoms with E-state index in [1.165, 1.54) is 5.56 Å². The van der Waals surface area contributed by atoms with E-state index >= 15 is 0 Å². The minimum Gasteiger partial charge on any atom is -0.395 e. The lowest BCUT2D eigenvalue weighted by Crippen LogP contribution is -2.43. The Kier molecular flexibility index (Phi) is 3.92. The molecule has 2 fully saturated rings. The van der Waals surface area contributed by atoms with Crippen molar-refractivity contribution in [3.05, 3.63) is 35.9 Å². The maximum absolute atomic E-state index is 12.1. The van der Waals surface area contributed by atoms with Gasteiger partial charge in [-0.1, -0.05) is 30.3 Å². The molecule has 2 aliphatic carbocycles. The molecule has 0 heterocycles. The summed E-state index contributed by atoms with van der Waals surface area (Å²) in [6.45, 7) is 1.23. The number of rotatable bonds is 6. The summed E-state index contributed by atoms with van der Waals surface area (Å²) in [6.07, 6.45) is 3.31. The molecule has 1 aromatic rings. The standard InChI is InChI=1S/C16H22N2O2/c19-9-8-18(14-6-7-14)16(20)17-11-13-10-15(13)12-4-2-1-3-5-12/h1-5,13-15,19H,6-11H2,(H,17,20)/t13-,15+/m1/s1. The van der Waals surface area contributed by atoms with Gasteiger partial charge in [-0.25, -0.2) is 4.79 Å². The molecular weight excluding hydrogens is 252 g/mol. The monoisotopic (exact) mass is 274 g/mol. The van der Waals surface area contributed by atoms with Gasteiger partial charge in [0.1, 0.15) is 0 Å². The SMILES string of the molecule is O=C(NC[C@H]1C[C@H]1c1ccccc1)N(CCO)C1CC1. The van der Waals surface area contributed by atoms with E-state index in [1.807, 2.05) is 6.07 Å². The van der Waals surface area contributed by atoms with Gasteiger partial charge in [-0.3, -0.25) is 0 Å². The molecule has 3 rings (SSSR count). The molecule has 2 N–H and O–H groups in total. The minimum absolute atomic E-state index is 0.0136. The molecular formula is C16H22N2O2. The fourth-order valence-corrected chi connectivity index (χ4v) is 2.85. The molecule has 0 unspecified atom stereocenters. The molecule has 2 saturated carbocycles. The number of benzene rings is 1. The van der Waals surface area contributed by atoms with Gasteiger partial charge in [0.25, 0.3) is 0 Å². The Morgan fingerprint density at radius 2 is 2.05 bits per heavy atom. The second-order valence-electron chi connectivity index (χ2n) is 5.85. The third-order valence-corrected chi connectivity index (χ3v) is 4.26. The van der Waals surface area contributed by atoms with Crippen LogP contribution in [0.25, 0.3) is 0 Å². The highest BCUT2D eigenvalue weighted by Gasteiger charge is 2.39. The third kappa shape index (κ3) is 3.12. The smallest absolute Gasteiger partial charge is 0.317 e. The fraction of sp³-hybridized carbons (Fsp3) is 0.562. The quantitative estimate of drug-likeness (QED) is 0.833. The number of urea groups is 1. The molecule has 0 bridgehead atoms. The molecule has 20 heavy (non-hydrogen) atoms. The average Bonchev–Trinajstić information content (AvgIpc) is 3.37. The van der Waals surface area contributed by atoms with E-state index in [-0.39, 0.29) is 12.6 Å². The first-order chi connectivity index (χ1) is 9.79. The second-order valence-corrected chi connectivity index (χ2v) is 5.85. The predicted octanol–water partition coefficient (Wildman–Crippen LogP) is 1.96. The van der Waals surface area contributed by atoms with Gasteiger partial charge in [0.15, 0.2) is 0 Å². The van der Waals surface area contributed by atoms with Crippen molar-refractivity contribution in [2.24, 2.45) is 5.92 Å². The van der Waals surface area contributed by atoms with Crippen molar-refractivity contribution in [2.75, 3.05) is 19.7 Å². The van der Waals surface area contributed by atoms with Crippen LogP contribution in [0.2, 0.25) is 0 Å². The molecule has 4 nitrogen and oxygen atoms in total. The van der Waals surface area contributed by atoms with Crippen molar-refractivity contribution >= 4 is 6.03 Å². The molecule has 0 aromatic heterocycles. The van der Waals surface area contributed by atoms with Crippen molar-refractivity contribution in [3.63, 3.8) is 0 Å². The van der Waals surface area contributed by atoms with Crippen LogP contribution in [0.3, 0.4) is 0 Å². The topological polar surface area (TPSA) is 52.6 Å². The van der Waals surface area contributed by atoms with Crippen LogP contribution in [0.4, 0.5) is 4.79 Å². The summed E-state index contributed by atoms with van der Waals surface area (Å²) < 4.78 is 0. The molecule has 0 aliphatic heterocycles. The van der Waals surface area contributed by atoms with Crippen LogP contribution in [-0.4, -0.2) is 41.8 Å². The zero-order valence-corrected chi connectivity index (χ0v) is 11.7. The minimum atomic E-state index is -0.0136. The summed E-state index contributed by atoms with van der Waals surface area (Å²) in [5, 5.41) is 12.0. The van der Waals surface area contributed by atoms with Gasteiger partial charge >= 0.3 is 6.03 Å². The zero-order chi connectivity index (χ0) is 13.9. The number of nitrogens with one attached hydrogen (secondary N) is 1. The van der Waals surface area contributed by atoms with Gasteiger partial charge in [-0.15, -0.1) is 0 Å². The largest absolute Gasteiger partial charge is 0.395 e. The van der Waals surface area contributed by atoms with Crippen molar-refractivity contribution in [1.29, 1.82) is 0 Å². The van der Waals surface area contributed by atoms with Gasteiger partial charge in [0.05, 0.1) is 6.61 Å². The van der Waals surface area contributed by atoms with Crippen LogP contribution in [0.1, 0.15) is 30.7 Å². The maximum Gasteiger partial charge on any atom is 0.317 e. The van der Waals surface area contributed by atoms with Crippen LogP contribution in [0, 0.1) is 5.92 Å². The molecule has 4 heteroatoms. The maximum atomic E-state index is 12.1. The molecule has 2 aliphatic rings. The number of aliphatic hydroxyl groups excluding tert-OH is 1. The summed E-state index contributed by atoms with van der Waals surface area (Å²) in [5.41, 5.74) is 1.38. The first kappa shape index (κ1) is 13.4. The number of hydrogen-bond acceptors (Lipinski definition) is 2. The van der Waals surface area contributed by atoms with Crippen LogP contribution < -0.4 is 5.32 Å². The molecule has 2 atom stereocenters. The molecule has 108 valence electrons. The normalized spacial score (nSPS) is 24.2. The molecule has 1 aromatic carbocycles. The summed E-state index contributed by atoms with van der Waals surface area (Å²) in [4.78, 5) is 13.9. The van der Waals surface area contributed by atoms with E-state index in [0.29, 0.717) is 24.4 Å². The molecule has 0 radical (unpaired) electrons. The Labute approximate surface area is 119 Å². The number of hydrogen-bond donors (Lipinski definition) is 2. The molecule has 0 saturated heterocycles. The van der Waals surface area contributed by atoms with Gasteiger partial charge < -0.3 is 15.3 Å². The highest BCUT2D eigenvalue weighted by atomic mass is 16.3.